The minimum Gasteiger partial charge on any atom is -0.497 e. The summed E-state index contributed by atoms with van der Waals surface area (Å²) in [5, 5.41) is 9.82. The predicted molar refractivity (Wildman–Crippen MR) is 62.9 cm³/mol. The van der Waals surface area contributed by atoms with Crippen molar-refractivity contribution in [3.63, 3.8) is 0 Å². The topological polar surface area (TPSA) is 29.5 Å². The van der Waals surface area contributed by atoms with Crippen molar-refractivity contribution in [1.29, 1.82) is 0 Å². The van der Waals surface area contributed by atoms with Gasteiger partial charge in [-0.3, -0.25) is 0 Å². The van der Waals surface area contributed by atoms with Gasteiger partial charge in [-0.25, -0.2) is 0 Å². The summed E-state index contributed by atoms with van der Waals surface area (Å²) in [7, 11) is 1.61. The standard InChI is InChI=1S/C11H14Cl2O2/c1-6-4-8(15-3)5-7(2)9(6)10(14)11(12)13/h4-5,10-11,14H,1-3H3. The lowest BCUT2D eigenvalue weighted by Crippen LogP contribution is -2.10. The number of benzene rings is 1. The summed E-state index contributed by atoms with van der Waals surface area (Å²) in [4.78, 5) is -0.823. The fraction of sp³-hybridized carbons (Fsp3) is 0.455. The maximum Gasteiger partial charge on any atom is 0.137 e. The van der Waals surface area contributed by atoms with E-state index in [1.165, 1.54) is 0 Å². The summed E-state index contributed by atoms with van der Waals surface area (Å²) >= 11 is 11.3. The minimum atomic E-state index is -0.862. The van der Waals surface area contributed by atoms with Crippen molar-refractivity contribution in [2.75, 3.05) is 7.11 Å². The zero-order valence-electron chi connectivity index (χ0n) is 8.92. The first-order valence-electron chi connectivity index (χ1n) is 4.58. The van der Waals surface area contributed by atoms with Crippen LogP contribution in [-0.2, 0) is 0 Å². The lowest BCUT2D eigenvalue weighted by molar-refractivity contribution is 0.191. The minimum absolute atomic E-state index is 0.765. The molecule has 0 aliphatic carbocycles. The van der Waals surface area contributed by atoms with Crippen LogP contribution in [0.25, 0.3) is 0 Å². The van der Waals surface area contributed by atoms with Gasteiger partial charge in [-0.05, 0) is 42.7 Å². The molecule has 1 unspecified atom stereocenters. The van der Waals surface area contributed by atoms with Gasteiger partial charge in [0.15, 0.2) is 0 Å². The second-order valence-corrected chi connectivity index (χ2v) is 4.62. The smallest absolute Gasteiger partial charge is 0.137 e. The van der Waals surface area contributed by atoms with Crippen LogP contribution in [0.5, 0.6) is 5.75 Å². The third-order valence-electron chi connectivity index (χ3n) is 2.34. The molecule has 1 N–H and O–H groups in total. The van der Waals surface area contributed by atoms with Crippen molar-refractivity contribution >= 4 is 23.2 Å². The van der Waals surface area contributed by atoms with Gasteiger partial charge in [-0.1, -0.05) is 0 Å². The molecule has 0 fully saturated rings. The second kappa shape index (κ2) is 5.06. The van der Waals surface area contributed by atoms with Gasteiger partial charge in [0.05, 0.1) is 7.11 Å². The largest absolute Gasteiger partial charge is 0.497 e. The highest BCUT2D eigenvalue weighted by molar-refractivity contribution is 6.44. The summed E-state index contributed by atoms with van der Waals surface area (Å²) in [5.41, 5.74) is 2.61. The molecule has 1 aromatic carbocycles. The molecule has 0 radical (unpaired) electrons. The molecule has 1 aromatic rings. The summed E-state index contributed by atoms with van der Waals surface area (Å²) in [6.45, 7) is 3.79. The number of rotatable bonds is 3. The summed E-state index contributed by atoms with van der Waals surface area (Å²) in [6, 6.07) is 3.70. The van der Waals surface area contributed by atoms with Crippen molar-refractivity contribution in [3.8, 4) is 5.75 Å². The number of ether oxygens (including phenoxy) is 1. The van der Waals surface area contributed by atoms with E-state index >= 15 is 0 Å². The Kier molecular flexibility index (Phi) is 4.26. The van der Waals surface area contributed by atoms with Crippen LogP contribution in [0, 0.1) is 13.8 Å². The normalized spacial score (nSPS) is 13.0. The Morgan fingerprint density at radius 3 is 2.00 bits per heavy atom. The van der Waals surface area contributed by atoms with E-state index in [1.54, 1.807) is 7.11 Å². The number of hydrogen-bond acceptors (Lipinski definition) is 2. The number of alkyl halides is 2. The maximum absolute atomic E-state index is 9.82. The lowest BCUT2D eigenvalue weighted by Gasteiger charge is -2.18. The van der Waals surface area contributed by atoms with Crippen molar-refractivity contribution in [2.24, 2.45) is 0 Å². The Labute approximate surface area is 99.8 Å². The molecule has 0 aromatic heterocycles. The molecule has 0 aliphatic rings. The molecule has 1 rings (SSSR count). The number of aryl methyl sites for hydroxylation is 2. The highest BCUT2D eigenvalue weighted by Crippen LogP contribution is 2.31. The van der Waals surface area contributed by atoms with Gasteiger partial charge in [-0.15, -0.1) is 23.2 Å². The van der Waals surface area contributed by atoms with Crippen LogP contribution in [0.1, 0.15) is 22.8 Å². The molecule has 0 bridgehead atoms. The van der Waals surface area contributed by atoms with Crippen LogP contribution in [0.4, 0.5) is 0 Å². The molecular weight excluding hydrogens is 235 g/mol. The van der Waals surface area contributed by atoms with Crippen LogP contribution in [0.3, 0.4) is 0 Å². The molecule has 0 saturated carbocycles. The average molecular weight is 249 g/mol. The first kappa shape index (κ1) is 12.6. The summed E-state index contributed by atoms with van der Waals surface area (Å²) in [6.07, 6.45) is -0.862. The first-order chi connectivity index (χ1) is 6.97. The highest BCUT2D eigenvalue weighted by atomic mass is 35.5. The van der Waals surface area contributed by atoms with Crippen LogP contribution in [0.2, 0.25) is 0 Å². The monoisotopic (exact) mass is 248 g/mol. The molecular formula is C11H14Cl2O2. The number of aliphatic hydroxyl groups is 1. The maximum atomic E-state index is 9.82. The highest BCUT2D eigenvalue weighted by Gasteiger charge is 2.20. The Morgan fingerprint density at radius 2 is 1.67 bits per heavy atom. The van der Waals surface area contributed by atoms with Crippen LogP contribution >= 0.6 is 23.2 Å². The Balaban J connectivity index is 3.19. The van der Waals surface area contributed by atoms with Crippen molar-refractivity contribution in [3.05, 3.63) is 28.8 Å². The van der Waals surface area contributed by atoms with Gasteiger partial charge < -0.3 is 9.84 Å². The Morgan fingerprint density at radius 1 is 1.20 bits per heavy atom. The van der Waals surface area contributed by atoms with Gasteiger partial charge in [-0.2, -0.15) is 0 Å². The number of halogens is 2. The van der Waals surface area contributed by atoms with Gasteiger partial charge in [0, 0.05) is 0 Å². The molecule has 2 nitrogen and oxygen atoms in total. The third-order valence-corrected chi connectivity index (χ3v) is 2.81. The fourth-order valence-corrected chi connectivity index (χ4v) is 1.90. The van der Waals surface area contributed by atoms with Gasteiger partial charge in [0.25, 0.3) is 0 Å². The molecule has 0 heterocycles. The molecule has 4 heteroatoms. The molecule has 15 heavy (non-hydrogen) atoms. The lowest BCUT2D eigenvalue weighted by atomic mass is 9.98. The van der Waals surface area contributed by atoms with E-state index in [4.69, 9.17) is 27.9 Å². The van der Waals surface area contributed by atoms with E-state index in [1.807, 2.05) is 26.0 Å². The van der Waals surface area contributed by atoms with Gasteiger partial charge in [0.2, 0.25) is 0 Å². The van der Waals surface area contributed by atoms with E-state index in [0.29, 0.717) is 0 Å². The number of aliphatic hydroxyl groups excluding tert-OH is 1. The zero-order chi connectivity index (χ0) is 11.6. The van der Waals surface area contributed by atoms with Gasteiger partial charge >= 0.3 is 0 Å². The molecule has 0 spiro atoms. The summed E-state index contributed by atoms with van der Waals surface area (Å²) < 4.78 is 5.12. The van der Waals surface area contributed by atoms with Crippen molar-refractivity contribution in [2.45, 2.75) is 24.8 Å². The fourth-order valence-electron chi connectivity index (χ4n) is 1.65. The predicted octanol–water partition coefficient (Wildman–Crippen LogP) is 3.15. The van der Waals surface area contributed by atoms with E-state index in [9.17, 15) is 5.11 Å². The first-order valence-corrected chi connectivity index (χ1v) is 5.46. The number of methoxy groups -OCH3 is 1. The second-order valence-electron chi connectivity index (χ2n) is 3.45. The van der Waals surface area contributed by atoms with E-state index in [-0.39, 0.29) is 0 Å². The SMILES string of the molecule is COc1cc(C)c(C(O)C(Cl)Cl)c(C)c1. The Hall–Kier alpha value is -0.440. The van der Waals surface area contributed by atoms with E-state index in [2.05, 4.69) is 0 Å². The van der Waals surface area contributed by atoms with Crippen LogP contribution < -0.4 is 4.74 Å². The number of hydrogen-bond donors (Lipinski definition) is 1. The average Bonchev–Trinajstić information content (AvgIpc) is 2.16. The molecule has 0 saturated heterocycles. The summed E-state index contributed by atoms with van der Waals surface area (Å²) in [5.74, 6) is 0.765. The van der Waals surface area contributed by atoms with Crippen LogP contribution in [-0.4, -0.2) is 17.1 Å². The Bertz CT molecular complexity index is 327. The molecule has 84 valence electrons. The molecule has 0 aliphatic heterocycles. The molecule has 0 amide bonds. The van der Waals surface area contributed by atoms with Crippen molar-refractivity contribution in [1.82, 2.24) is 0 Å². The van der Waals surface area contributed by atoms with Crippen molar-refractivity contribution < 1.29 is 9.84 Å². The third kappa shape index (κ3) is 2.77. The van der Waals surface area contributed by atoms with Gasteiger partial charge in [0.1, 0.15) is 16.7 Å². The zero-order valence-corrected chi connectivity index (χ0v) is 10.4. The van der Waals surface area contributed by atoms with E-state index < -0.39 is 10.9 Å². The van der Waals surface area contributed by atoms with Crippen LogP contribution in [0.15, 0.2) is 12.1 Å². The molecule has 1 atom stereocenters. The van der Waals surface area contributed by atoms with E-state index in [0.717, 1.165) is 22.4 Å². The quantitative estimate of drug-likeness (QED) is 0.834.